The molecule has 0 bridgehead atoms. The minimum atomic E-state index is -1.62. The van der Waals surface area contributed by atoms with Crippen molar-refractivity contribution in [2.24, 2.45) is 5.92 Å². The molecule has 1 aromatic rings. The van der Waals surface area contributed by atoms with E-state index in [0.717, 1.165) is 38.3 Å². The van der Waals surface area contributed by atoms with Crippen LogP contribution in [-0.2, 0) is 0 Å². The van der Waals surface area contributed by atoms with Crippen molar-refractivity contribution in [2.45, 2.75) is 19.9 Å². The summed E-state index contributed by atoms with van der Waals surface area (Å²) in [6, 6.07) is 1.83. The highest BCUT2D eigenvalue weighted by Gasteiger charge is 2.26. The van der Waals surface area contributed by atoms with Gasteiger partial charge in [0.2, 0.25) is 0 Å². The first-order valence-electron chi connectivity index (χ1n) is 8.15. The third-order valence-electron chi connectivity index (χ3n) is 4.53. The summed E-state index contributed by atoms with van der Waals surface area (Å²) in [7, 11) is 2.06. The lowest BCUT2D eigenvalue weighted by molar-refractivity contribution is 0.0788. The van der Waals surface area contributed by atoms with Crippen molar-refractivity contribution in [3.8, 4) is 0 Å². The Bertz CT molecular complexity index is 587. The molecule has 1 atom stereocenters. The van der Waals surface area contributed by atoms with E-state index in [1.807, 2.05) is 0 Å². The van der Waals surface area contributed by atoms with Crippen LogP contribution in [0.2, 0.25) is 0 Å². The molecule has 1 heterocycles. The van der Waals surface area contributed by atoms with Crippen LogP contribution in [0, 0.1) is 23.4 Å². The van der Waals surface area contributed by atoms with Crippen LogP contribution in [0.5, 0.6) is 0 Å². The van der Waals surface area contributed by atoms with Gasteiger partial charge in [-0.05, 0) is 25.1 Å². The molecule has 0 saturated carbocycles. The molecular formula is C17H24F3N3O. The van der Waals surface area contributed by atoms with Crippen LogP contribution >= 0.6 is 0 Å². The number of rotatable bonds is 5. The number of likely N-dealkylation sites (N-methyl/N-ethyl adjacent to an activating group) is 1. The van der Waals surface area contributed by atoms with Gasteiger partial charge in [0.15, 0.2) is 17.5 Å². The number of amides is 1. The lowest BCUT2D eigenvalue weighted by atomic mass is 10.0. The SMILES string of the molecule is CC(C)C(CNC(=O)c1ccc(F)c(F)c1F)N1CCN(C)CC1. The van der Waals surface area contributed by atoms with Crippen LogP contribution in [0.1, 0.15) is 24.2 Å². The highest BCUT2D eigenvalue weighted by atomic mass is 19.2. The Kier molecular flexibility index (Phi) is 6.23. The summed E-state index contributed by atoms with van der Waals surface area (Å²) >= 11 is 0. The van der Waals surface area contributed by atoms with Gasteiger partial charge in [-0.2, -0.15) is 0 Å². The largest absolute Gasteiger partial charge is 0.350 e. The summed E-state index contributed by atoms with van der Waals surface area (Å²) in [4.78, 5) is 16.7. The zero-order valence-electron chi connectivity index (χ0n) is 14.3. The van der Waals surface area contributed by atoms with Crippen molar-refractivity contribution in [1.82, 2.24) is 15.1 Å². The van der Waals surface area contributed by atoms with Gasteiger partial charge in [0.25, 0.3) is 5.91 Å². The summed E-state index contributed by atoms with van der Waals surface area (Å²) < 4.78 is 39.9. The Balaban J connectivity index is 2.01. The Hall–Kier alpha value is -1.60. The fourth-order valence-electron chi connectivity index (χ4n) is 2.93. The highest BCUT2D eigenvalue weighted by molar-refractivity contribution is 5.94. The molecule has 1 saturated heterocycles. The van der Waals surface area contributed by atoms with Gasteiger partial charge < -0.3 is 10.2 Å². The van der Waals surface area contributed by atoms with Gasteiger partial charge in [-0.25, -0.2) is 13.2 Å². The number of benzene rings is 1. The van der Waals surface area contributed by atoms with Crippen molar-refractivity contribution in [3.05, 3.63) is 35.1 Å². The lowest BCUT2D eigenvalue weighted by Crippen LogP contribution is -2.54. The summed E-state index contributed by atoms with van der Waals surface area (Å²) in [6.45, 7) is 8.16. The van der Waals surface area contributed by atoms with Crippen molar-refractivity contribution in [3.63, 3.8) is 0 Å². The third kappa shape index (κ3) is 4.27. The third-order valence-corrected chi connectivity index (χ3v) is 4.53. The van der Waals surface area contributed by atoms with Crippen LogP contribution in [0.4, 0.5) is 13.2 Å². The molecule has 1 aromatic carbocycles. The number of nitrogens with one attached hydrogen (secondary N) is 1. The van der Waals surface area contributed by atoms with Gasteiger partial charge in [0.1, 0.15) is 0 Å². The quantitative estimate of drug-likeness (QED) is 0.832. The van der Waals surface area contributed by atoms with E-state index in [1.54, 1.807) is 0 Å². The Morgan fingerprint density at radius 3 is 2.33 bits per heavy atom. The average molecular weight is 343 g/mol. The van der Waals surface area contributed by atoms with Crippen LogP contribution < -0.4 is 5.32 Å². The number of carbonyl (C=O) groups excluding carboxylic acids is 1. The summed E-state index contributed by atoms with van der Waals surface area (Å²) in [5.74, 6) is -4.81. The van der Waals surface area contributed by atoms with Gasteiger partial charge in [-0.15, -0.1) is 0 Å². The molecule has 4 nitrogen and oxygen atoms in total. The molecule has 134 valence electrons. The van der Waals surface area contributed by atoms with Crippen LogP contribution in [0.3, 0.4) is 0 Å². The molecule has 1 fully saturated rings. The van der Waals surface area contributed by atoms with Crippen LogP contribution in [0.25, 0.3) is 0 Å². The first-order valence-corrected chi connectivity index (χ1v) is 8.15. The molecule has 0 radical (unpaired) electrons. The number of hydrogen-bond acceptors (Lipinski definition) is 3. The predicted octanol–water partition coefficient (Wildman–Crippen LogP) is 2.11. The number of hydrogen-bond donors (Lipinski definition) is 1. The Morgan fingerprint density at radius 1 is 1.12 bits per heavy atom. The van der Waals surface area contributed by atoms with E-state index in [0.29, 0.717) is 12.5 Å². The predicted molar refractivity (Wildman–Crippen MR) is 86.3 cm³/mol. The van der Waals surface area contributed by atoms with Crippen LogP contribution in [-0.4, -0.2) is 61.5 Å². The molecule has 0 aliphatic carbocycles. The smallest absolute Gasteiger partial charge is 0.254 e. The Labute approximate surface area is 140 Å². The number of piperazine rings is 1. The molecule has 24 heavy (non-hydrogen) atoms. The van der Waals surface area contributed by atoms with E-state index in [4.69, 9.17) is 0 Å². The van der Waals surface area contributed by atoms with E-state index in [2.05, 4.69) is 36.0 Å². The van der Waals surface area contributed by atoms with Crippen molar-refractivity contribution in [1.29, 1.82) is 0 Å². The number of halogens is 3. The van der Waals surface area contributed by atoms with Crippen molar-refractivity contribution in [2.75, 3.05) is 39.8 Å². The number of nitrogens with zero attached hydrogens (tertiary/aromatic N) is 2. The minimum absolute atomic E-state index is 0.107. The molecule has 1 N–H and O–H groups in total. The lowest BCUT2D eigenvalue weighted by Gasteiger charge is -2.39. The molecule has 0 aromatic heterocycles. The fraction of sp³-hybridized carbons (Fsp3) is 0.588. The van der Waals surface area contributed by atoms with Crippen LogP contribution in [0.15, 0.2) is 12.1 Å². The molecular weight excluding hydrogens is 319 g/mol. The maximum absolute atomic E-state index is 13.7. The topological polar surface area (TPSA) is 35.6 Å². The molecule has 2 rings (SSSR count). The van der Waals surface area contributed by atoms with Gasteiger partial charge in [0, 0.05) is 38.8 Å². The first kappa shape index (κ1) is 18.7. The first-order chi connectivity index (χ1) is 11.3. The van der Waals surface area contributed by atoms with Gasteiger partial charge in [0.05, 0.1) is 5.56 Å². The molecule has 7 heteroatoms. The second-order valence-corrected chi connectivity index (χ2v) is 6.58. The fourth-order valence-corrected chi connectivity index (χ4v) is 2.93. The minimum Gasteiger partial charge on any atom is -0.350 e. The molecule has 0 spiro atoms. The molecule has 1 amide bonds. The van der Waals surface area contributed by atoms with Gasteiger partial charge in [-0.3, -0.25) is 9.69 Å². The monoisotopic (exact) mass is 343 g/mol. The van der Waals surface area contributed by atoms with E-state index >= 15 is 0 Å². The van der Waals surface area contributed by atoms with Crippen molar-refractivity contribution >= 4 is 5.91 Å². The molecule has 1 aliphatic heterocycles. The van der Waals surface area contributed by atoms with Gasteiger partial charge in [-0.1, -0.05) is 13.8 Å². The maximum atomic E-state index is 13.7. The summed E-state index contributed by atoms with van der Waals surface area (Å²) in [5, 5.41) is 2.65. The number of carbonyl (C=O) groups is 1. The highest BCUT2D eigenvalue weighted by Crippen LogP contribution is 2.16. The zero-order chi connectivity index (χ0) is 17.9. The Morgan fingerprint density at radius 2 is 1.75 bits per heavy atom. The summed E-state index contributed by atoms with van der Waals surface area (Å²) in [6.07, 6.45) is 0. The molecule has 1 aliphatic rings. The second kappa shape index (κ2) is 7.98. The zero-order valence-corrected chi connectivity index (χ0v) is 14.3. The molecule has 1 unspecified atom stereocenters. The van der Waals surface area contributed by atoms with E-state index in [-0.39, 0.29) is 6.04 Å². The second-order valence-electron chi connectivity index (χ2n) is 6.58. The maximum Gasteiger partial charge on any atom is 0.254 e. The van der Waals surface area contributed by atoms with Crippen molar-refractivity contribution < 1.29 is 18.0 Å². The summed E-state index contributed by atoms with van der Waals surface area (Å²) in [5.41, 5.74) is -0.477. The van der Waals surface area contributed by atoms with E-state index < -0.39 is 28.9 Å². The van der Waals surface area contributed by atoms with E-state index in [9.17, 15) is 18.0 Å². The van der Waals surface area contributed by atoms with Gasteiger partial charge >= 0.3 is 0 Å². The average Bonchev–Trinajstić information content (AvgIpc) is 2.54. The normalized spacial score (nSPS) is 18.0. The van der Waals surface area contributed by atoms with E-state index in [1.165, 1.54) is 0 Å². The standard InChI is InChI=1S/C17H24F3N3O/c1-11(2)14(23-8-6-22(3)7-9-23)10-21-17(24)12-4-5-13(18)16(20)15(12)19/h4-5,11,14H,6-10H2,1-3H3,(H,21,24).